The number of aromatic nitrogens is 3. The van der Waals surface area contributed by atoms with Gasteiger partial charge in [0.15, 0.2) is 0 Å². The maximum Gasteiger partial charge on any atom is 0.314 e. The molecule has 3 heterocycles. The van der Waals surface area contributed by atoms with E-state index in [0.717, 1.165) is 24.8 Å². The quantitative estimate of drug-likeness (QED) is 0.662. The van der Waals surface area contributed by atoms with E-state index in [0.29, 0.717) is 12.1 Å². The van der Waals surface area contributed by atoms with E-state index in [-0.39, 0.29) is 16.5 Å². The summed E-state index contributed by atoms with van der Waals surface area (Å²) in [6.45, 7) is 0.419. The highest BCUT2D eigenvalue weighted by Gasteiger charge is 2.34. The maximum atomic E-state index is 13.3. The van der Waals surface area contributed by atoms with Crippen LogP contribution in [0.15, 0.2) is 57.2 Å². The van der Waals surface area contributed by atoms with Gasteiger partial charge >= 0.3 is 11.1 Å². The summed E-state index contributed by atoms with van der Waals surface area (Å²) in [5.74, 6) is 0. The topological polar surface area (TPSA) is 116 Å². The number of pyridine rings is 1. The number of hydrogen-bond donors (Lipinski definition) is 2. The van der Waals surface area contributed by atoms with Gasteiger partial charge in [0.1, 0.15) is 0 Å². The third-order valence-corrected chi connectivity index (χ3v) is 6.73. The number of nitrogens with one attached hydrogen (secondary N) is 2. The highest BCUT2D eigenvalue weighted by atomic mass is 32.2. The molecule has 0 amide bonds. The Hall–Kier alpha value is -2.78. The minimum atomic E-state index is -3.78. The molecule has 0 saturated carbocycles. The smallest absolute Gasteiger partial charge is 0.314 e. The van der Waals surface area contributed by atoms with Crippen molar-refractivity contribution in [2.75, 3.05) is 6.54 Å². The molecule has 2 aromatic heterocycles. The first-order valence-corrected chi connectivity index (χ1v) is 10.1. The van der Waals surface area contributed by atoms with E-state index in [2.05, 4.69) is 15.0 Å². The molecule has 0 bridgehead atoms. The van der Waals surface area contributed by atoms with Gasteiger partial charge in [-0.2, -0.15) is 4.31 Å². The number of fused-ring (bicyclic) bond motifs is 1. The molecule has 1 aromatic carbocycles. The van der Waals surface area contributed by atoms with Crippen LogP contribution in [-0.4, -0.2) is 34.2 Å². The molecular weight excluding hydrogens is 368 g/mol. The number of nitrogens with zero attached hydrogens (tertiary/aromatic N) is 2. The van der Waals surface area contributed by atoms with Gasteiger partial charge in [-0.25, -0.2) is 8.42 Å². The van der Waals surface area contributed by atoms with Crippen molar-refractivity contribution >= 4 is 21.1 Å². The number of benzene rings is 1. The van der Waals surface area contributed by atoms with Gasteiger partial charge in [0.25, 0.3) is 0 Å². The highest BCUT2D eigenvalue weighted by Crippen LogP contribution is 2.35. The number of sulfonamides is 1. The Kier molecular flexibility index (Phi) is 4.40. The van der Waals surface area contributed by atoms with Gasteiger partial charge in [0.2, 0.25) is 10.0 Å². The van der Waals surface area contributed by atoms with Gasteiger partial charge in [0.05, 0.1) is 22.0 Å². The van der Waals surface area contributed by atoms with Crippen LogP contribution in [0.4, 0.5) is 0 Å². The van der Waals surface area contributed by atoms with Gasteiger partial charge in [0, 0.05) is 18.9 Å². The summed E-state index contributed by atoms with van der Waals surface area (Å²) < 4.78 is 28.1. The molecule has 4 rings (SSSR count). The average molecular weight is 386 g/mol. The molecule has 1 atom stereocenters. The maximum absolute atomic E-state index is 13.3. The lowest BCUT2D eigenvalue weighted by molar-refractivity contribution is 0.255. The molecule has 1 aliphatic heterocycles. The van der Waals surface area contributed by atoms with E-state index in [1.165, 1.54) is 22.5 Å². The summed E-state index contributed by atoms with van der Waals surface area (Å²) >= 11 is 0. The summed E-state index contributed by atoms with van der Waals surface area (Å²) in [5.41, 5.74) is -0.0787. The van der Waals surface area contributed by atoms with Crippen LogP contribution in [0.1, 0.15) is 30.9 Å². The SMILES string of the molecule is O=c1[nH]c2ccc(S(=O)(=O)N3CCCCC3c3cccnc3)cc2[nH]c1=O. The van der Waals surface area contributed by atoms with Gasteiger partial charge in [-0.1, -0.05) is 12.5 Å². The van der Waals surface area contributed by atoms with Crippen molar-refractivity contribution < 1.29 is 8.42 Å². The third-order valence-electron chi connectivity index (χ3n) is 4.82. The molecule has 140 valence electrons. The lowest BCUT2D eigenvalue weighted by atomic mass is 9.99. The predicted octanol–water partition coefficient (Wildman–Crippen LogP) is 1.53. The molecule has 2 N–H and O–H groups in total. The monoisotopic (exact) mass is 386 g/mol. The number of H-pyrrole nitrogens is 2. The molecule has 1 unspecified atom stereocenters. The number of hydrogen-bond acceptors (Lipinski definition) is 5. The first-order valence-electron chi connectivity index (χ1n) is 8.65. The van der Waals surface area contributed by atoms with E-state index in [1.807, 2.05) is 6.07 Å². The fraction of sp³-hybridized carbons (Fsp3) is 0.278. The Morgan fingerprint density at radius 3 is 2.56 bits per heavy atom. The summed E-state index contributed by atoms with van der Waals surface area (Å²) in [4.78, 5) is 32.0. The zero-order valence-corrected chi connectivity index (χ0v) is 15.2. The molecule has 1 aliphatic rings. The van der Waals surface area contributed by atoms with Crippen molar-refractivity contribution in [2.24, 2.45) is 0 Å². The number of piperidine rings is 1. The van der Waals surface area contributed by atoms with Crippen molar-refractivity contribution in [3.8, 4) is 0 Å². The Labute approximate surface area is 154 Å². The molecule has 9 heteroatoms. The molecule has 8 nitrogen and oxygen atoms in total. The molecule has 0 aliphatic carbocycles. The Morgan fingerprint density at radius 2 is 1.81 bits per heavy atom. The highest BCUT2D eigenvalue weighted by molar-refractivity contribution is 7.89. The van der Waals surface area contributed by atoms with Crippen molar-refractivity contribution in [3.63, 3.8) is 0 Å². The van der Waals surface area contributed by atoms with Crippen molar-refractivity contribution in [3.05, 3.63) is 69.0 Å². The van der Waals surface area contributed by atoms with E-state index in [9.17, 15) is 18.0 Å². The Balaban J connectivity index is 1.79. The standard InChI is InChI=1S/C18H18N4O4S/c23-17-18(24)21-15-10-13(6-7-14(15)20-17)27(25,26)22-9-2-1-5-16(22)12-4-3-8-19-11-12/h3-4,6-8,10-11,16H,1-2,5,9H2,(H,20,23)(H,21,24). The van der Waals surface area contributed by atoms with Gasteiger partial charge in [-0.05, 0) is 42.7 Å². The second-order valence-electron chi connectivity index (χ2n) is 6.53. The fourth-order valence-corrected chi connectivity index (χ4v) is 5.20. The number of rotatable bonds is 3. The van der Waals surface area contributed by atoms with Gasteiger partial charge in [-0.15, -0.1) is 0 Å². The van der Waals surface area contributed by atoms with Crippen LogP contribution in [0, 0.1) is 0 Å². The average Bonchev–Trinajstić information content (AvgIpc) is 2.69. The van der Waals surface area contributed by atoms with Crippen LogP contribution in [0.5, 0.6) is 0 Å². The first kappa shape index (κ1) is 17.6. The van der Waals surface area contributed by atoms with Crippen LogP contribution in [0.2, 0.25) is 0 Å². The van der Waals surface area contributed by atoms with E-state index in [4.69, 9.17) is 0 Å². The zero-order chi connectivity index (χ0) is 19.0. The van der Waals surface area contributed by atoms with Crippen LogP contribution in [0.25, 0.3) is 11.0 Å². The van der Waals surface area contributed by atoms with Crippen molar-refractivity contribution in [1.29, 1.82) is 0 Å². The van der Waals surface area contributed by atoms with Gasteiger partial charge in [-0.3, -0.25) is 14.6 Å². The molecule has 1 fully saturated rings. The molecule has 0 radical (unpaired) electrons. The molecule has 3 aromatic rings. The van der Waals surface area contributed by atoms with Gasteiger partial charge < -0.3 is 9.97 Å². The summed E-state index contributed by atoms with van der Waals surface area (Å²) in [6, 6.07) is 7.73. The van der Waals surface area contributed by atoms with Crippen LogP contribution in [0.3, 0.4) is 0 Å². The normalized spacial score (nSPS) is 18.6. The lowest BCUT2D eigenvalue weighted by Crippen LogP contribution is -2.38. The summed E-state index contributed by atoms with van der Waals surface area (Å²) in [7, 11) is -3.78. The third kappa shape index (κ3) is 3.19. The van der Waals surface area contributed by atoms with Crippen molar-refractivity contribution in [1.82, 2.24) is 19.3 Å². The minimum absolute atomic E-state index is 0.0773. The van der Waals surface area contributed by atoms with E-state index in [1.54, 1.807) is 18.5 Å². The summed E-state index contributed by atoms with van der Waals surface area (Å²) in [6.07, 6.45) is 5.81. The van der Waals surface area contributed by atoms with Crippen LogP contribution >= 0.6 is 0 Å². The Morgan fingerprint density at radius 1 is 1.04 bits per heavy atom. The zero-order valence-electron chi connectivity index (χ0n) is 14.4. The predicted molar refractivity (Wildman–Crippen MR) is 99.9 cm³/mol. The lowest BCUT2D eigenvalue weighted by Gasteiger charge is -2.34. The van der Waals surface area contributed by atoms with E-state index < -0.39 is 21.1 Å². The molecule has 0 spiro atoms. The summed E-state index contributed by atoms with van der Waals surface area (Å²) in [5, 5.41) is 0. The molecular formula is C18H18N4O4S. The largest absolute Gasteiger partial charge is 0.316 e. The molecule has 1 saturated heterocycles. The van der Waals surface area contributed by atoms with E-state index >= 15 is 0 Å². The van der Waals surface area contributed by atoms with Crippen LogP contribution < -0.4 is 11.1 Å². The second-order valence-corrected chi connectivity index (χ2v) is 8.42. The Bertz CT molecular complexity index is 1200. The first-order chi connectivity index (χ1) is 13.0. The fourth-order valence-electron chi connectivity index (χ4n) is 3.49. The van der Waals surface area contributed by atoms with Crippen molar-refractivity contribution in [2.45, 2.75) is 30.2 Å². The van der Waals surface area contributed by atoms with Crippen LogP contribution in [-0.2, 0) is 10.0 Å². The number of aromatic amines is 2. The second kappa shape index (κ2) is 6.75. The molecule has 27 heavy (non-hydrogen) atoms. The minimum Gasteiger partial charge on any atom is -0.316 e.